The number of carbonyl (C=O) groups is 2. The van der Waals surface area contributed by atoms with Gasteiger partial charge in [0.1, 0.15) is 6.04 Å². The third kappa shape index (κ3) is 5.73. The molecule has 1 rings (SSSR count). The average Bonchev–Trinajstić information content (AvgIpc) is 2.39. The van der Waals surface area contributed by atoms with E-state index in [4.69, 9.17) is 11.5 Å². The minimum Gasteiger partial charge on any atom is -0.480 e. The summed E-state index contributed by atoms with van der Waals surface area (Å²) in [7, 11) is 0. The van der Waals surface area contributed by atoms with E-state index in [1.807, 2.05) is 30.3 Å². The summed E-state index contributed by atoms with van der Waals surface area (Å²) in [5, 5.41) is 11.6. The van der Waals surface area contributed by atoms with Crippen LogP contribution in [0.1, 0.15) is 24.8 Å². The largest absolute Gasteiger partial charge is 0.480 e. The van der Waals surface area contributed by atoms with Crippen LogP contribution in [0.4, 0.5) is 0 Å². The van der Waals surface area contributed by atoms with Gasteiger partial charge in [0.15, 0.2) is 0 Å². The fourth-order valence-corrected chi connectivity index (χ4v) is 1.67. The molecule has 100 valence electrons. The van der Waals surface area contributed by atoms with Crippen LogP contribution in [-0.4, -0.2) is 23.0 Å². The van der Waals surface area contributed by atoms with Gasteiger partial charge in [-0.2, -0.15) is 0 Å². The molecule has 0 aromatic heterocycles. The summed E-state index contributed by atoms with van der Waals surface area (Å²) in [6.45, 7) is 0. The molecule has 2 N–H and O–H groups in total. The van der Waals surface area contributed by atoms with Gasteiger partial charge in [-0.3, -0.25) is 4.79 Å². The Morgan fingerprint density at radius 1 is 1.32 bits per heavy atom. The number of carboxylic acid groups (broad SMARTS) is 1. The number of terminal acetylenes is 1. The molecule has 19 heavy (non-hydrogen) atoms. The SMILES string of the molecule is C#CCCCC(=O)N[C@@H](Cc1ccccc1)C(=O)O. The van der Waals surface area contributed by atoms with E-state index < -0.39 is 12.0 Å². The number of aliphatic carboxylic acids is 1. The van der Waals surface area contributed by atoms with Crippen LogP contribution in [0.3, 0.4) is 0 Å². The highest BCUT2D eigenvalue weighted by Gasteiger charge is 2.19. The first-order valence-corrected chi connectivity index (χ1v) is 6.13. The van der Waals surface area contributed by atoms with Crippen molar-refractivity contribution in [3.05, 3.63) is 35.9 Å². The summed E-state index contributed by atoms with van der Waals surface area (Å²) < 4.78 is 0. The number of hydrogen-bond donors (Lipinski definition) is 2. The first kappa shape index (κ1) is 14.8. The van der Waals surface area contributed by atoms with Crippen molar-refractivity contribution in [2.75, 3.05) is 0 Å². The highest BCUT2D eigenvalue weighted by atomic mass is 16.4. The highest BCUT2D eigenvalue weighted by Crippen LogP contribution is 2.04. The van der Waals surface area contributed by atoms with Crippen molar-refractivity contribution in [1.29, 1.82) is 0 Å². The molecule has 4 heteroatoms. The predicted molar refractivity (Wildman–Crippen MR) is 72.4 cm³/mol. The molecule has 0 bridgehead atoms. The zero-order valence-electron chi connectivity index (χ0n) is 10.6. The van der Waals surface area contributed by atoms with E-state index >= 15 is 0 Å². The Bertz CT molecular complexity index is 462. The molecule has 1 aromatic carbocycles. The number of carbonyl (C=O) groups excluding carboxylic acids is 1. The lowest BCUT2D eigenvalue weighted by atomic mass is 10.1. The second-order valence-electron chi connectivity index (χ2n) is 4.21. The lowest BCUT2D eigenvalue weighted by Gasteiger charge is -2.14. The van der Waals surface area contributed by atoms with E-state index in [1.165, 1.54) is 0 Å². The van der Waals surface area contributed by atoms with Gasteiger partial charge < -0.3 is 10.4 Å². The summed E-state index contributed by atoms with van der Waals surface area (Å²) in [4.78, 5) is 22.7. The van der Waals surface area contributed by atoms with Gasteiger partial charge in [0.05, 0.1) is 0 Å². The number of nitrogens with one attached hydrogen (secondary N) is 1. The van der Waals surface area contributed by atoms with Crippen molar-refractivity contribution in [1.82, 2.24) is 5.32 Å². The quantitative estimate of drug-likeness (QED) is 0.577. The molecule has 1 aromatic rings. The van der Waals surface area contributed by atoms with Gasteiger partial charge >= 0.3 is 5.97 Å². The van der Waals surface area contributed by atoms with Crippen LogP contribution in [0.2, 0.25) is 0 Å². The van der Waals surface area contributed by atoms with Crippen molar-refractivity contribution in [3.63, 3.8) is 0 Å². The Kier molecular flexibility index (Phi) is 6.17. The predicted octanol–water partition coefficient (Wildman–Crippen LogP) is 1.60. The smallest absolute Gasteiger partial charge is 0.326 e. The normalized spacial score (nSPS) is 11.3. The first-order chi connectivity index (χ1) is 9.13. The van der Waals surface area contributed by atoms with Crippen molar-refractivity contribution >= 4 is 11.9 Å². The Balaban J connectivity index is 2.52. The maximum absolute atomic E-state index is 11.6. The molecular weight excluding hydrogens is 242 g/mol. The minimum atomic E-state index is -1.03. The Morgan fingerprint density at radius 2 is 2.00 bits per heavy atom. The van der Waals surface area contributed by atoms with E-state index in [9.17, 15) is 9.59 Å². The van der Waals surface area contributed by atoms with E-state index in [0.717, 1.165) is 5.56 Å². The van der Waals surface area contributed by atoms with Crippen molar-refractivity contribution in [2.24, 2.45) is 0 Å². The Morgan fingerprint density at radius 3 is 2.58 bits per heavy atom. The number of rotatable bonds is 7. The average molecular weight is 259 g/mol. The number of unbranched alkanes of at least 4 members (excludes halogenated alkanes) is 1. The van der Waals surface area contributed by atoms with E-state index in [-0.39, 0.29) is 18.7 Å². The number of benzene rings is 1. The topological polar surface area (TPSA) is 66.4 Å². The van der Waals surface area contributed by atoms with Crippen molar-refractivity contribution in [3.8, 4) is 12.3 Å². The maximum Gasteiger partial charge on any atom is 0.326 e. The van der Waals surface area contributed by atoms with Crippen LogP contribution in [-0.2, 0) is 16.0 Å². The number of amides is 1. The van der Waals surface area contributed by atoms with Gasteiger partial charge in [0, 0.05) is 19.3 Å². The molecule has 0 aliphatic carbocycles. The number of hydrogen-bond acceptors (Lipinski definition) is 2. The van der Waals surface area contributed by atoms with Crippen LogP contribution >= 0.6 is 0 Å². The summed E-state index contributed by atoms with van der Waals surface area (Å²) in [6, 6.07) is 8.30. The molecule has 1 atom stereocenters. The molecule has 0 aliphatic heterocycles. The Labute approximate surface area is 112 Å². The zero-order valence-corrected chi connectivity index (χ0v) is 10.6. The molecule has 0 aliphatic rings. The molecule has 0 saturated heterocycles. The summed E-state index contributed by atoms with van der Waals surface area (Å²) in [5.41, 5.74) is 0.874. The van der Waals surface area contributed by atoms with Gasteiger partial charge in [-0.1, -0.05) is 30.3 Å². The van der Waals surface area contributed by atoms with E-state index in [1.54, 1.807) is 0 Å². The van der Waals surface area contributed by atoms with E-state index in [2.05, 4.69) is 11.2 Å². The molecule has 4 nitrogen and oxygen atoms in total. The maximum atomic E-state index is 11.6. The van der Waals surface area contributed by atoms with Crippen LogP contribution in [0, 0.1) is 12.3 Å². The van der Waals surface area contributed by atoms with Crippen molar-refractivity contribution < 1.29 is 14.7 Å². The summed E-state index contributed by atoms with van der Waals surface area (Å²) in [5.74, 6) is 1.13. The lowest BCUT2D eigenvalue weighted by Crippen LogP contribution is -2.42. The van der Waals surface area contributed by atoms with E-state index in [0.29, 0.717) is 12.8 Å². The van der Waals surface area contributed by atoms with Crippen molar-refractivity contribution in [2.45, 2.75) is 31.7 Å². The fourth-order valence-electron chi connectivity index (χ4n) is 1.67. The minimum absolute atomic E-state index is 0.253. The van der Waals surface area contributed by atoms with Crippen LogP contribution in [0.25, 0.3) is 0 Å². The van der Waals surface area contributed by atoms with Gasteiger partial charge in [-0.25, -0.2) is 4.79 Å². The molecule has 1 amide bonds. The highest BCUT2D eigenvalue weighted by molar-refractivity contribution is 5.83. The monoisotopic (exact) mass is 259 g/mol. The molecular formula is C15H17NO3. The second kappa shape index (κ2) is 7.93. The third-order valence-electron chi connectivity index (χ3n) is 2.64. The van der Waals surface area contributed by atoms with Crippen LogP contribution in [0.5, 0.6) is 0 Å². The first-order valence-electron chi connectivity index (χ1n) is 6.13. The van der Waals surface area contributed by atoms with Gasteiger partial charge in [0.25, 0.3) is 0 Å². The Hall–Kier alpha value is -2.28. The third-order valence-corrected chi connectivity index (χ3v) is 2.64. The van der Waals surface area contributed by atoms with Gasteiger partial charge in [0.2, 0.25) is 5.91 Å². The number of carboxylic acids is 1. The fraction of sp³-hybridized carbons (Fsp3) is 0.333. The molecule has 0 radical (unpaired) electrons. The molecule has 0 fully saturated rings. The molecule has 0 heterocycles. The lowest BCUT2D eigenvalue weighted by molar-refractivity contribution is -0.141. The standard InChI is InChI=1S/C15H17NO3/c1-2-3-5-10-14(17)16-13(15(18)19)11-12-8-6-4-7-9-12/h1,4,6-9,13H,3,5,10-11H2,(H,16,17)(H,18,19)/t13-/m0/s1. The summed E-state index contributed by atoms with van der Waals surface area (Å²) in [6.07, 6.45) is 6.71. The summed E-state index contributed by atoms with van der Waals surface area (Å²) >= 11 is 0. The van der Waals surface area contributed by atoms with Gasteiger partial charge in [-0.15, -0.1) is 12.3 Å². The van der Waals surface area contributed by atoms with Gasteiger partial charge in [-0.05, 0) is 12.0 Å². The molecule has 0 unspecified atom stereocenters. The zero-order chi connectivity index (χ0) is 14.1. The van der Waals surface area contributed by atoms with Crippen LogP contribution in [0.15, 0.2) is 30.3 Å². The second-order valence-corrected chi connectivity index (χ2v) is 4.21. The van der Waals surface area contributed by atoms with Crippen LogP contribution < -0.4 is 5.32 Å². The molecule has 0 spiro atoms. The molecule has 0 saturated carbocycles.